The van der Waals surface area contributed by atoms with Gasteiger partial charge < -0.3 is 4.74 Å². The molecule has 1 rings (SSSR count). The Hall–Kier alpha value is -0.890. The van der Waals surface area contributed by atoms with Crippen LogP contribution < -0.4 is 4.74 Å². The van der Waals surface area contributed by atoms with Gasteiger partial charge in [-0.25, -0.2) is 0 Å². The number of hydrogen-bond donors (Lipinski definition) is 0. The summed E-state index contributed by atoms with van der Waals surface area (Å²) >= 11 is 4.39. The third kappa shape index (κ3) is 1.81. The van der Waals surface area contributed by atoms with E-state index >= 15 is 0 Å². The van der Waals surface area contributed by atoms with Gasteiger partial charge in [0, 0.05) is 0 Å². The minimum Gasteiger partial charge on any atom is -0.441 e. The molecule has 0 unspecified atom stereocenters. The molecule has 0 fully saturated rings. The Labute approximate surface area is 65.6 Å². The Kier molecular flexibility index (Phi) is 2.40. The van der Waals surface area contributed by atoms with E-state index in [1.165, 1.54) is 5.56 Å². The minimum atomic E-state index is 0.737. The highest BCUT2D eigenvalue weighted by atomic mass is 32.1. The SMILES string of the molecule is Cc1ccc(O[C]=S)cc1. The lowest BCUT2D eigenvalue weighted by atomic mass is 10.2. The van der Waals surface area contributed by atoms with Gasteiger partial charge in [-0.1, -0.05) is 17.7 Å². The standard InChI is InChI=1S/C8H7OS/c1-7-2-4-8(5-3-7)9-6-10/h2-5H,1H3. The molecule has 0 spiro atoms. The van der Waals surface area contributed by atoms with E-state index in [4.69, 9.17) is 4.74 Å². The molecule has 1 radical (unpaired) electrons. The average Bonchev–Trinajstić information content (AvgIpc) is 1.95. The first-order valence-corrected chi connectivity index (χ1v) is 3.34. The van der Waals surface area contributed by atoms with E-state index < -0.39 is 0 Å². The first-order chi connectivity index (χ1) is 4.83. The summed E-state index contributed by atoms with van der Waals surface area (Å²) < 4.78 is 4.83. The maximum atomic E-state index is 4.83. The maximum Gasteiger partial charge on any atom is 0.245 e. The van der Waals surface area contributed by atoms with Crippen molar-refractivity contribution in [3.63, 3.8) is 0 Å². The first-order valence-electron chi connectivity index (χ1n) is 2.93. The molecular weight excluding hydrogens is 144 g/mol. The van der Waals surface area contributed by atoms with E-state index in [0.717, 1.165) is 5.75 Å². The Morgan fingerprint density at radius 2 is 1.90 bits per heavy atom. The predicted octanol–water partition coefficient (Wildman–Crippen LogP) is 2.21. The normalized spacial score (nSPS) is 8.90. The quantitative estimate of drug-likeness (QED) is 0.599. The molecule has 1 aromatic carbocycles. The zero-order valence-electron chi connectivity index (χ0n) is 5.63. The van der Waals surface area contributed by atoms with Gasteiger partial charge in [0.1, 0.15) is 5.75 Å². The highest BCUT2D eigenvalue weighted by molar-refractivity contribution is 7.78. The van der Waals surface area contributed by atoms with Crippen molar-refractivity contribution in [2.24, 2.45) is 0 Å². The Balaban J connectivity index is 2.78. The number of aryl methyl sites for hydroxylation is 1. The van der Waals surface area contributed by atoms with Crippen LogP contribution in [0, 0.1) is 6.92 Å². The van der Waals surface area contributed by atoms with Crippen molar-refractivity contribution in [1.82, 2.24) is 0 Å². The summed E-state index contributed by atoms with van der Waals surface area (Å²) in [6.45, 7) is 2.02. The summed E-state index contributed by atoms with van der Waals surface area (Å²) in [5.74, 6) is 0.737. The van der Waals surface area contributed by atoms with Gasteiger partial charge in [0.2, 0.25) is 5.55 Å². The Morgan fingerprint density at radius 1 is 1.30 bits per heavy atom. The van der Waals surface area contributed by atoms with Gasteiger partial charge in [0.25, 0.3) is 0 Å². The summed E-state index contributed by atoms with van der Waals surface area (Å²) in [6.07, 6.45) is 0. The van der Waals surface area contributed by atoms with Gasteiger partial charge in [0.05, 0.1) is 0 Å². The van der Waals surface area contributed by atoms with Gasteiger partial charge >= 0.3 is 0 Å². The highest BCUT2D eigenvalue weighted by Gasteiger charge is 1.88. The summed E-state index contributed by atoms with van der Waals surface area (Å²) in [4.78, 5) is 0. The largest absolute Gasteiger partial charge is 0.441 e. The predicted molar refractivity (Wildman–Crippen MR) is 44.4 cm³/mol. The van der Waals surface area contributed by atoms with E-state index in [-0.39, 0.29) is 0 Å². The number of hydrogen-bond acceptors (Lipinski definition) is 2. The summed E-state index contributed by atoms with van der Waals surface area (Å²) in [7, 11) is 0. The van der Waals surface area contributed by atoms with E-state index in [1.807, 2.05) is 31.2 Å². The smallest absolute Gasteiger partial charge is 0.245 e. The lowest BCUT2D eigenvalue weighted by Crippen LogP contribution is -1.85. The second kappa shape index (κ2) is 3.32. The molecule has 0 heterocycles. The molecule has 1 aromatic rings. The summed E-state index contributed by atoms with van der Waals surface area (Å²) in [5, 5.41) is 0. The molecule has 0 N–H and O–H groups in total. The van der Waals surface area contributed by atoms with Crippen molar-refractivity contribution in [2.45, 2.75) is 6.92 Å². The van der Waals surface area contributed by atoms with Crippen molar-refractivity contribution in [2.75, 3.05) is 0 Å². The van der Waals surface area contributed by atoms with Crippen molar-refractivity contribution >= 4 is 17.8 Å². The minimum absolute atomic E-state index is 0.737. The van der Waals surface area contributed by atoms with Crippen LogP contribution in [-0.2, 0) is 0 Å². The first kappa shape index (κ1) is 7.22. The molecule has 0 aromatic heterocycles. The molecule has 1 nitrogen and oxygen atoms in total. The van der Waals surface area contributed by atoms with Crippen molar-refractivity contribution < 1.29 is 4.74 Å². The van der Waals surface area contributed by atoms with Gasteiger partial charge in [-0.3, -0.25) is 0 Å². The Bertz CT molecular complexity index is 215. The van der Waals surface area contributed by atoms with E-state index in [1.54, 1.807) is 0 Å². The van der Waals surface area contributed by atoms with Gasteiger partial charge in [-0.2, -0.15) is 0 Å². The van der Waals surface area contributed by atoms with Crippen LogP contribution in [0.25, 0.3) is 0 Å². The molecule has 0 aliphatic rings. The Morgan fingerprint density at radius 3 is 2.40 bits per heavy atom. The molecule has 0 aliphatic heterocycles. The van der Waals surface area contributed by atoms with Crippen LogP contribution in [0.2, 0.25) is 0 Å². The lowest BCUT2D eigenvalue weighted by molar-refractivity contribution is 0.586. The number of rotatable bonds is 2. The van der Waals surface area contributed by atoms with Crippen molar-refractivity contribution in [3.05, 3.63) is 29.8 Å². The summed E-state index contributed by atoms with van der Waals surface area (Å²) in [6, 6.07) is 7.63. The fourth-order valence-electron chi connectivity index (χ4n) is 0.654. The van der Waals surface area contributed by atoms with Crippen molar-refractivity contribution in [1.29, 1.82) is 0 Å². The third-order valence-electron chi connectivity index (χ3n) is 1.18. The zero-order valence-corrected chi connectivity index (χ0v) is 6.44. The van der Waals surface area contributed by atoms with Crippen LogP contribution in [0.1, 0.15) is 5.56 Å². The van der Waals surface area contributed by atoms with Crippen LogP contribution in [-0.4, -0.2) is 5.55 Å². The van der Waals surface area contributed by atoms with E-state index in [2.05, 4.69) is 17.8 Å². The molecular formula is C8H7OS. The highest BCUT2D eigenvalue weighted by Crippen LogP contribution is 2.09. The second-order valence-electron chi connectivity index (χ2n) is 2.00. The molecule has 0 saturated carbocycles. The molecule has 51 valence electrons. The monoisotopic (exact) mass is 151 g/mol. The fourth-order valence-corrected chi connectivity index (χ4v) is 0.751. The topological polar surface area (TPSA) is 9.23 Å². The molecule has 0 bridgehead atoms. The molecule has 0 saturated heterocycles. The second-order valence-corrected chi connectivity index (χ2v) is 2.17. The van der Waals surface area contributed by atoms with Crippen LogP contribution in [0.15, 0.2) is 24.3 Å². The van der Waals surface area contributed by atoms with Crippen LogP contribution in [0.4, 0.5) is 0 Å². The van der Waals surface area contributed by atoms with E-state index in [9.17, 15) is 0 Å². The van der Waals surface area contributed by atoms with Gasteiger partial charge in [-0.05, 0) is 31.3 Å². The molecule has 0 aliphatic carbocycles. The molecule has 0 atom stereocenters. The lowest BCUT2D eigenvalue weighted by Gasteiger charge is -1.96. The number of benzene rings is 1. The van der Waals surface area contributed by atoms with Gasteiger partial charge in [-0.15, -0.1) is 0 Å². The van der Waals surface area contributed by atoms with Crippen molar-refractivity contribution in [3.8, 4) is 5.75 Å². The van der Waals surface area contributed by atoms with Crippen LogP contribution in [0.3, 0.4) is 0 Å². The molecule has 10 heavy (non-hydrogen) atoms. The van der Waals surface area contributed by atoms with Gasteiger partial charge in [0.15, 0.2) is 0 Å². The number of ether oxygens (including phenoxy) is 1. The maximum absolute atomic E-state index is 4.83. The fraction of sp³-hybridized carbons (Fsp3) is 0.125. The zero-order chi connectivity index (χ0) is 7.40. The molecule has 0 amide bonds. The van der Waals surface area contributed by atoms with Crippen LogP contribution >= 0.6 is 12.2 Å². The number of thiocarbonyl (C=S) groups is 1. The van der Waals surface area contributed by atoms with E-state index in [0.29, 0.717) is 0 Å². The molecule has 2 heteroatoms. The average molecular weight is 151 g/mol. The summed E-state index contributed by atoms with van der Waals surface area (Å²) in [5.41, 5.74) is 3.39. The van der Waals surface area contributed by atoms with Crippen LogP contribution in [0.5, 0.6) is 5.75 Å². The third-order valence-corrected chi connectivity index (χ3v) is 1.26.